The minimum absolute atomic E-state index is 0.242. The zero-order valence-electron chi connectivity index (χ0n) is 16.5. The summed E-state index contributed by atoms with van der Waals surface area (Å²) < 4.78 is 2.40. The predicted octanol–water partition coefficient (Wildman–Crippen LogP) is 5.54. The number of benzene rings is 3. The summed E-state index contributed by atoms with van der Waals surface area (Å²) in [5.41, 5.74) is 3.85. The van der Waals surface area contributed by atoms with E-state index >= 15 is 0 Å². The van der Waals surface area contributed by atoms with Gasteiger partial charge in [0, 0.05) is 5.02 Å². The third-order valence-electron chi connectivity index (χ3n) is 5.36. The first kappa shape index (κ1) is 19.6. The van der Waals surface area contributed by atoms with Crippen molar-refractivity contribution < 1.29 is 4.58 Å². The molecule has 0 radical (unpaired) electrons. The van der Waals surface area contributed by atoms with Crippen LogP contribution >= 0.6 is 11.6 Å². The summed E-state index contributed by atoms with van der Waals surface area (Å²) >= 11 is 6.13. The van der Waals surface area contributed by atoms with Crippen molar-refractivity contribution >= 4 is 23.9 Å². The molecule has 0 fully saturated rings. The largest absolute Gasteiger partial charge is 0.277 e. The molecule has 2 nitrogen and oxygen atoms in total. The Morgan fingerprint density at radius 2 is 1.52 bits per heavy atom. The lowest BCUT2D eigenvalue weighted by Crippen LogP contribution is -2.42. The van der Waals surface area contributed by atoms with Gasteiger partial charge in [0.05, 0.1) is 19.1 Å². The molecule has 29 heavy (non-hydrogen) atoms. The third-order valence-corrected chi connectivity index (χ3v) is 5.62. The molecule has 0 spiro atoms. The molecule has 1 heterocycles. The van der Waals surface area contributed by atoms with Crippen LogP contribution in [0.3, 0.4) is 0 Å². The normalized spacial score (nSPS) is 16.0. The fourth-order valence-corrected chi connectivity index (χ4v) is 3.97. The Bertz CT molecular complexity index is 963. The molecule has 0 saturated heterocycles. The highest BCUT2D eigenvalue weighted by Crippen LogP contribution is 2.29. The van der Waals surface area contributed by atoms with Crippen LogP contribution in [0.4, 0.5) is 0 Å². The average molecular weight is 402 g/mol. The SMILES string of the molecule is Clc1ccc(C(c2ccccc2)N2CC=[N+](CC=Cc3ccccc3)CC2)cc1. The molecule has 1 unspecified atom stereocenters. The molecule has 0 aromatic heterocycles. The summed E-state index contributed by atoms with van der Waals surface area (Å²) in [6, 6.07) is 29.7. The van der Waals surface area contributed by atoms with E-state index in [1.165, 1.54) is 16.7 Å². The monoisotopic (exact) mass is 401 g/mol. The Labute approximate surface area is 178 Å². The summed E-state index contributed by atoms with van der Waals surface area (Å²) in [4.78, 5) is 2.54. The van der Waals surface area contributed by atoms with Gasteiger partial charge in [0.1, 0.15) is 0 Å². The molecule has 0 amide bonds. The van der Waals surface area contributed by atoms with E-state index in [0.29, 0.717) is 0 Å². The van der Waals surface area contributed by atoms with Gasteiger partial charge in [0.2, 0.25) is 0 Å². The molecule has 146 valence electrons. The number of hydrogen-bond donors (Lipinski definition) is 0. The van der Waals surface area contributed by atoms with Crippen LogP contribution < -0.4 is 0 Å². The molecule has 3 heteroatoms. The molecule has 0 N–H and O–H groups in total. The molecule has 1 aliphatic heterocycles. The first-order valence-electron chi connectivity index (χ1n) is 10.1. The highest BCUT2D eigenvalue weighted by Gasteiger charge is 2.26. The number of halogens is 1. The Morgan fingerprint density at radius 3 is 2.17 bits per heavy atom. The molecule has 1 atom stereocenters. The standard InChI is InChI=1S/C26H26ClN2/c27-25-15-13-24(14-16-25)26(23-11-5-2-6-12-23)29-20-18-28(19-21-29)17-7-10-22-8-3-1-4-9-22/h1-16,18,26H,17,19-21H2/q+1. The molecule has 0 bridgehead atoms. The third kappa shape index (κ3) is 5.23. The van der Waals surface area contributed by atoms with E-state index in [1.54, 1.807) is 0 Å². The first-order valence-corrected chi connectivity index (χ1v) is 10.5. The van der Waals surface area contributed by atoms with Gasteiger partial charge in [-0.15, -0.1) is 0 Å². The van der Waals surface area contributed by atoms with Crippen molar-refractivity contribution in [2.45, 2.75) is 6.04 Å². The molecular formula is C26H26ClN2+. The van der Waals surface area contributed by atoms with Crippen LogP contribution in [0.25, 0.3) is 6.08 Å². The zero-order valence-corrected chi connectivity index (χ0v) is 17.2. The summed E-state index contributed by atoms with van der Waals surface area (Å²) in [7, 11) is 0. The van der Waals surface area contributed by atoms with Crippen LogP contribution in [0.5, 0.6) is 0 Å². The molecule has 4 rings (SSSR count). The quantitative estimate of drug-likeness (QED) is 0.491. The van der Waals surface area contributed by atoms with E-state index in [2.05, 4.69) is 94.6 Å². The summed E-state index contributed by atoms with van der Waals surface area (Å²) in [6.45, 7) is 3.93. The number of nitrogens with zero attached hydrogens (tertiary/aromatic N) is 2. The second-order valence-electron chi connectivity index (χ2n) is 7.35. The van der Waals surface area contributed by atoms with Gasteiger partial charge < -0.3 is 0 Å². The fraction of sp³-hybridized carbons (Fsp3) is 0.192. The van der Waals surface area contributed by atoms with Crippen molar-refractivity contribution in [2.24, 2.45) is 0 Å². The summed E-state index contributed by atoms with van der Waals surface area (Å²) in [5, 5.41) is 0.780. The van der Waals surface area contributed by atoms with Crippen LogP contribution in [0.1, 0.15) is 22.7 Å². The second kappa shape index (κ2) is 9.69. The van der Waals surface area contributed by atoms with Crippen LogP contribution in [-0.2, 0) is 0 Å². The maximum absolute atomic E-state index is 6.13. The van der Waals surface area contributed by atoms with Crippen molar-refractivity contribution in [3.63, 3.8) is 0 Å². The first-order chi connectivity index (χ1) is 14.3. The molecule has 3 aromatic carbocycles. The maximum atomic E-state index is 6.13. The van der Waals surface area contributed by atoms with E-state index in [4.69, 9.17) is 11.6 Å². The highest BCUT2D eigenvalue weighted by atomic mass is 35.5. The van der Waals surface area contributed by atoms with Gasteiger partial charge in [0.25, 0.3) is 0 Å². The molecule has 3 aromatic rings. The summed E-state index contributed by atoms with van der Waals surface area (Å²) in [5.74, 6) is 0. The lowest BCUT2D eigenvalue weighted by atomic mass is 9.96. The van der Waals surface area contributed by atoms with E-state index in [1.807, 2.05) is 18.2 Å². The highest BCUT2D eigenvalue weighted by molar-refractivity contribution is 6.30. The van der Waals surface area contributed by atoms with Crippen LogP contribution in [-0.4, -0.2) is 41.9 Å². The van der Waals surface area contributed by atoms with E-state index in [0.717, 1.165) is 31.2 Å². The van der Waals surface area contributed by atoms with Crippen LogP contribution in [0.2, 0.25) is 5.02 Å². The van der Waals surface area contributed by atoms with E-state index in [9.17, 15) is 0 Å². The van der Waals surface area contributed by atoms with E-state index in [-0.39, 0.29) is 6.04 Å². The van der Waals surface area contributed by atoms with Gasteiger partial charge in [-0.05, 0) is 34.9 Å². The van der Waals surface area contributed by atoms with Crippen molar-refractivity contribution in [1.82, 2.24) is 4.90 Å². The topological polar surface area (TPSA) is 6.25 Å². The lowest BCUT2D eigenvalue weighted by Gasteiger charge is -2.32. The molecule has 0 saturated carbocycles. The molecule has 0 aliphatic carbocycles. The predicted molar refractivity (Wildman–Crippen MR) is 123 cm³/mol. The Kier molecular flexibility index (Phi) is 6.56. The second-order valence-corrected chi connectivity index (χ2v) is 7.79. The van der Waals surface area contributed by atoms with Crippen molar-refractivity contribution in [2.75, 3.05) is 26.2 Å². The van der Waals surface area contributed by atoms with Crippen LogP contribution in [0.15, 0.2) is 91.0 Å². The number of rotatable bonds is 6. The lowest BCUT2D eigenvalue weighted by molar-refractivity contribution is -0.519. The van der Waals surface area contributed by atoms with Crippen molar-refractivity contribution in [3.8, 4) is 0 Å². The van der Waals surface area contributed by atoms with Crippen molar-refractivity contribution in [1.29, 1.82) is 0 Å². The fourth-order valence-electron chi connectivity index (χ4n) is 3.84. The Hall–Kier alpha value is -2.68. The molecular weight excluding hydrogens is 376 g/mol. The summed E-state index contributed by atoms with van der Waals surface area (Å²) in [6.07, 6.45) is 6.76. The van der Waals surface area contributed by atoms with Crippen LogP contribution in [0, 0.1) is 0 Å². The van der Waals surface area contributed by atoms with Gasteiger partial charge in [-0.1, -0.05) is 90.5 Å². The van der Waals surface area contributed by atoms with Gasteiger partial charge in [0.15, 0.2) is 19.3 Å². The Morgan fingerprint density at radius 1 is 0.862 bits per heavy atom. The van der Waals surface area contributed by atoms with Gasteiger partial charge in [-0.2, -0.15) is 0 Å². The Balaban J connectivity index is 1.47. The number of hydrogen-bond acceptors (Lipinski definition) is 1. The maximum Gasteiger partial charge on any atom is 0.161 e. The minimum atomic E-state index is 0.242. The minimum Gasteiger partial charge on any atom is -0.277 e. The molecule has 1 aliphatic rings. The van der Waals surface area contributed by atoms with Crippen molar-refractivity contribution in [3.05, 3.63) is 113 Å². The smallest absolute Gasteiger partial charge is 0.161 e. The average Bonchev–Trinajstić information content (AvgIpc) is 2.78. The zero-order chi connectivity index (χ0) is 19.9. The van der Waals surface area contributed by atoms with Gasteiger partial charge in [-0.3, -0.25) is 4.90 Å². The van der Waals surface area contributed by atoms with E-state index < -0.39 is 0 Å². The van der Waals surface area contributed by atoms with Gasteiger partial charge >= 0.3 is 0 Å². The van der Waals surface area contributed by atoms with Gasteiger partial charge in [-0.25, -0.2) is 4.58 Å².